The van der Waals surface area contributed by atoms with Crippen LogP contribution >= 0.6 is 0 Å². The van der Waals surface area contributed by atoms with Gasteiger partial charge in [0.15, 0.2) is 0 Å². The maximum absolute atomic E-state index is 12.9. The lowest BCUT2D eigenvalue weighted by molar-refractivity contribution is -0.149. The molecule has 0 bridgehead atoms. The van der Waals surface area contributed by atoms with Crippen molar-refractivity contribution < 1.29 is 22.8 Å². The van der Waals surface area contributed by atoms with Gasteiger partial charge in [-0.15, -0.1) is 0 Å². The lowest BCUT2D eigenvalue weighted by atomic mass is 9.80. The van der Waals surface area contributed by atoms with Gasteiger partial charge in [0.05, 0.1) is 6.42 Å². The third kappa shape index (κ3) is 5.64. The average Bonchev–Trinajstić information content (AvgIpc) is 3.13. The summed E-state index contributed by atoms with van der Waals surface area (Å²) in [4.78, 5) is 30.9. The van der Waals surface area contributed by atoms with Crippen molar-refractivity contribution in [3.63, 3.8) is 0 Å². The molecule has 2 heterocycles. The third-order valence-corrected chi connectivity index (χ3v) is 6.91. The van der Waals surface area contributed by atoms with E-state index in [9.17, 15) is 22.8 Å². The molecule has 5 nitrogen and oxygen atoms in total. The lowest BCUT2D eigenvalue weighted by Crippen LogP contribution is -2.44. The fraction of sp³-hybridized carbons (Fsp3) is 0.905. The van der Waals surface area contributed by atoms with Crippen molar-refractivity contribution in [2.75, 3.05) is 46.8 Å². The van der Waals surface area contributed by atoms with E-state index in [4.69, 9.17) is 0 Å². The summed E-state index contributed by atoms with van der Waals surface area (Å²) in [5.74, 6) is 0.409. The first-order chi connectivity index (χ1) is 13.6. The zero-order valence-electron chi connectivity index (χ0n) is 17.6. The predicted molar refractivity (Wildman–Crippen MR) is 104 cm³/mol. The quantitative estimate of drug-likeness (QED) is 0.667. The number of nitrogens with zero attached hydrogens (tertiary/aromatic N) is 3. The molecule has 0 aromatic rings. The number of amides is 2. The molecule has 3 rings (SSSR count). The molecule has 2 atom stereocenters. The summed E-state index contributed by atoms with van der Waals surface area (Å²) in [5, 5.41) is 0. The van der Waals surface area contributed by atoms with Crippen molar-refractivity contribution >= 4 is 11.8 Å². The van der Waals surface area contributed by atoms with Gasteiger partial charge in [0.1, 0.15) is 0 Å². The second-order valence-corrected chi connectivity index (χ2v) is 9.67. The van der Waals surface area contributed by atoms with E-state index >= 15 is 0 Å². The molecular formula is C21H34F3N3O2. The zero-order valence-corrected chi connectivity index (χ0v) is 17.6. The van der Waals surface area contributed by atoms with Crippen molar-refractivity contribution in [1.29, 1.82) is 0 Å². The van der Waals surface area contributed by atoms with Crippen LogP contribution in [0.1, 0.15) is 51.4 Å². The molecule has 3 aliphatic rings. The first-order valence-corrected chi connectivity index (χ1v) is 10.8. The van der Waals surface area contributed by atoms with Crippen molar-refractivity contribution in [2.45, 2.75) is 57.5 Å². The molecule has 0 spiro atoms. The van der Waals surface area contributed by atoms with Crippen LogP contribution < -0.4 is 0 Å². The van der Waals surface area contributed by atoms with Gasteiger partial charge in [0, 0.05) is 56.9 Å². The Labute approximate surface area is 171 Å². The van der Waals surface area contributed by atoms with Crippen LogP contribution in [-0.2, 0) is 9.59 Å². The molecule has 0 radical (unpaired) electrons. The van der Waals surface area contributed by atoms with Crippen molar-refractivity contribution in [1.82, 2.24) is 14.7 Å². The number of likely N-dealkylation sites (tertiary alicyclic amines) is 2. The summed E-state index contributed by atoms with van der Waals surface area (Å²) in [7, 11) is 3.93. The van der Waals surface area contributed by atoms with E-state index in [2.05, 4.69) is 4.90 Å². The number of fused-ring (bicyclic) bond motifs is 1. The molecule has 0 aromatic heterocycles. The van der Waals surface area contributed by atoms with Gasteiger partial charge in [-0.3, -0.25) is 9.59 Å². The van der Waals surface area contributed by atoms with E-state index in [-0.39, 0.29) is 17.2 Å². The Hall–Kier alpha value is -1.31. The molecule has 2 amide bonds. The molecule has 29 heavy (non-hydrogen) atoms. The van der Waals surface area contributed by atoms with E-state index in [1.807, 2.05) is 19.0 Å². The zero-order chi connectivity index (χ0) is 21.2. The number of carbonyl (C=O) groups is 2. The highest BCUT2D eigenvalue weighted by Crippen LogP contribution is 2.44. The maximum Gasteiger partial charge on any atom is 0.389 e. The van der Waals surface area contributed by atoms with Gasteiger partial charge in [-0.1, -0.05) is 19.3 Å². The Morgan fingerprint density at radius 3 is 2.14 bits per heavy atom. The van der Waals surface area contributed by atoms with Crippen molar-refractivity contribution in [3.8, 4) is 0 Å². The van der Waals surface area contributed by atoms with E-state index < -0.39 is 24.9 Å². The van der Waals surface area contributed by atoms with E-state index in [1.165, 1.54) is 19.3 Å². The summed E-state index contributed by atoms with van der Waals surface area (Å²) in [6.07, 6.45) is 0.688. The van der Waals surface area contributed by atoms with Gasteiger partial charge in [0.25, 0.3) is 0 Å². The number of alkyl halides is 3. The smallest absolute Gasteiger partial charge is 0.342 e. The molecule has 2 aliphatic heterocycles. The molecule has 8 heteroatoms. The Bertz CT molecular complexity index is 604. The van der Waals surface area contributed by atoms with Crippen molar-refractivity contribution in [2.24, 2.45) is 17.3 Å². The fourth-order valence-electron chi connectivity index (χ4n) is 5.59. The highest BCUT2D eigenvalue weighted by Gasteiger charge is 2.54. The predicted octanol–water partition coefficient (Wildman–Crippen LogP) is 3.15. The van der Waals surface area contributed by atoms with Gasteiger partial charge in [-0.25, -0.2) is 0 Å². The van der Waals surface area contributed by atoms with Crippen LogP contribution in [0.4, 0.5) is 13.2 Å². The monoisotopic (exact) mass is 417 g/mol. The molecule has 3 fully saturated rings. The van der Waals surface area contributed by atoms with Crippen LogP contribution in [-0.4, -0.2) is 79.5 Å². The number of carbonyl (C=O) groups excluding carboxylic acids is 2. The van der Waals surface area contributed by atoms with Crippen LogP contribution in [0.25, 0.3) is 0 Å². The molecule has 2 saturated heterocycles. The first kappa shape index (κ1) is 22.4. The van der Waals surface area contributed by atoms with Gasteiger partial charge < -0.3 is 14.7 Å². The minimum Gasteiger partial charge on any atom is -0.342 e. The maximum atomic E-state index is 12.9. The normalized spacial score (nSPS) is 28.3. The highest BCUT2D eigenvalue weighted by atomic mass is 19.4. The van der Waals surface area contributed by atoms with Crippen LogP contribution in [0.5, 0.6) is 0 Å². The van der Waals surface area contributed by atoms with Gasteiger partial charge in [-0.05, 0) is 32.9 Å². The SMILES string of the molecule is CN(C)CC12CN(C(=O)CCC(F)(F)F)CC1CN(C(=O)CC1CCCCC1)C2. The number of halogens is 3. The first-order valence-electron chi connectivity index (χ1n) is 10.8. The van der Waals surface area contributed by atoms with Gasteiger partial charge in [-0.2, -0.15) is 13.2 Å². The summed E-state index contributed by atoms with van der Waals surface area (Å²) in [6, 6.07) is 0. The third-order valence-electron chi connectivity index (χ3n) is 6.91. The lowest BCUT2D eigenvalue weighted by Gasteiger charge is -2.32. The van der Waals surface area contributed by atoms with Crippen LogP contribution in [0.15, 0.2) is 0 Å². The van der Waals surface area contributed by atoms with E-state index in [1.54, 1.807) is 4.90 Å². The molecule has 1 aliphatic carbocycles. The highest BCUT2D eigenvalue weighted by molar-refractivity contribution is 5.78. The van der Waals surface area contributed by atoms with E-state index in [0.29, 0.717) is 38.5 Å². The van der Waals surface area contributed by atoms with Crippen LogP contribution in [0, 0.1) is 17.3 Å². The molecular weight excluding hydrogens is 383 g/mol. The molecule has 2 unspecified atom stereocenters. The average molecular weight is 418 g/mol. The van der Waals surface area contributed by atoms with Crippen LogP contribution in [0.2, 0.25) is 0 Å². The number of rotatable bonds is 6. The summed E-state index contributed by atoms with van der Waals surface area (Å²) >= 11 is 0. The molecule has 166 valence electrons. The van der Waals surface area contributed by atoms with Crippen molar-refractivity contribution in [3.05, 3.63) is 0 Å². The summed E-state index contributed by atoms with van der Waals surface area (Å²) in [5.41, 5.74) is -0.236. The minimum absolute atomic E-state index is 0.134. The minimum atomic E-state index is -4.31. The second kappa shape index (κ2) is 8.82. The Balaban J connectivity index is 1.61. The van der Waals surface area contributed by atoms with Gasteiger partial charge in [0.2, 0.25) is 11.8 Å². The molecule has 1 saturated carbocycles. The Morgan fingerprint density at radius 1 is 1.00 bits per heavy atom. The van der Waals surface area contributed by atoms with Crippen LogP contribution in [0.3, 0.4) is 0 Å². The van der Waals surface area contributed by atoms with E-state index in [0.717, 1.165) is 19.4 Å². The molecule has 0 N–H and O–H groups in total. The van der Waals surface area contributed by atoms with Gasteiger partial charge >= 0.3 is 6.18 Å². The number of hydrogen-bond donors (Lipinski definition) is 0. The summed E-state index contributed by atoms with van der Waals surface area (Å²) in [6.45, 7) is 2.85. The fourth-order valence-corrected chi connectivity index (χ4v) is 5.59. The number of hydrogen-bond acceptors (Lipinski definition) is 3. The Morgan fingerprint density at radius 2 is 1.59 bits per heavy atom. The molecule has 0 aromatic carbocycles. The topological polar surface area (TPSA) is 43.9 Å². The summed E-state index contributed by atoms with van der Waals surface area (Å²) < 4.78 is 37.5. The largest absolute Gasteiger partial charge is 0.389 e. The second-order valence-electron chi connectivity index (χ2n) is 9.67. The standard InChI is InChI=1S/C21H34F3N3O2/c1-25(2)13-20-14-26(18(28)8-9-21(22,23)24)11-17(20)12-27(15-20)19(29)10-16-6-4-3-5-7-16/h16-17H,3-15H2,1-2H3. The Kier molecular flexibility index (Phi) is 6.81.